The third kappa shape index (κ3) is 3.80. The van der Waals surface area contributed by atoms with Gasteiger partial charge in [-0.1, -0.05) is 29.8 Å². The van der Waals surface area contributed by atoms with Gasteiger partial charge in [0.05, 0.1) is 16.5 Å². The summed E-state index contributed by atoms with van der Waals surface area (Å²) in [6.45, 7) is 3.92. The highest BCUT2D eigenvalue weighted by Gasteiger charge is 2.35. The van der Waals surface area contributed by atoms with Crippen molar-refractivity contribution in [3.8, 4) is 11.3 Å². The SMILES string of the molecule is C=CCN(C(=O)c1ccc(-c2ccccc2Cl)o1)[C@@H]1CCS(=O)(=O)C1. The summed E-state index contributed by atoms with van der Waals surface area (Å²) in [4.78, 5) is 14.3. The van der Waals surface area contributed by atoms with Crippen LogP contribution in [0.5, 0.6) is 0 Å². The van der Waals surface area contributed by atoms with Crippen molar-refractivity contribution in [1.29, 1.82) is 0 Å². The summed E-state index contributed by atoms with van der Waals surface area (Å²) in [5.74, 6) is 0.375. The molecule has 7 heteroatoms. The summed E-state index contributed by atoms with van der Waals surface area (Å²) in [5, 5.41) is 0.528. The molecule has 0 N–H and O–H groups in total. The Kier molecular flexibility index (Phi) is 5.01. The molecule has 3 rings (SSSR count). The number of nitrogens with zero attached hydrogens (tertiary/aromatic N) is 1. The van der Waals surface area contributed by atoms with E-state index in [1.165, 1.54) is 4.90 Å². The molecule has 0 unspecified atom stereocenters. The molecule has 132 valence electrons. The molecule has 1 aliphatic heterocycles. The fourth-order valence-corrected chi connectivity index (χ4v) is 4.92. The van der Waals surface area contributed by atoms with Crippen LogP contribution in [0.2, 0.25) is 5.02 Å². The van der Waals surface area contributed by atoms with Gasteiger partial charge in [0.15, 0.2) is 15.6 Å². The highest BCUT2D eigenvalue weighted by Crippen LogP contribution is 2.30. The molecule has 0 saturated carbocycles. The number of rotatable bonds is 5. The monoisotopic (exact) mass is 379 g/mol. The molecule has 1 aliphatic rings. The Morgan fingerprint density at radius 1 is 1.32 bits per heavy atom. The van der Waals surface area contributed by atoms with E-state index >= 15 is 0 Å². The Hall–Kier alpha value is -2.05. The lowest BCUT2D eigenvalue weighted by atomic mass is 10.2. The number of furan rings is 1. The number of carbonyl (C=O) groups is 1. The van der Waals surface area contributed by atoms with Crippen molar-refractivity contribution in [2.24, 2.45) is 0 Å². The van der Waals surface area contributed by atoms with E-state index in [1.54, 1.807) is 30.3 Å². The fraction of sp³-hybridized carbons (Fsp3) is 0.278. The number of benzene rings is 1. The second-order valence-electron chi connectivity index (χ2n) is 5.95. The lowest BCUT2D eigenvalue weighted by molar-refractivity contribution is 0.0689. The predicted octanol–water partition coefficient (Wildman–Crippen LogP) is 3.42. The largest absolute Gasteiger partial charge is 0.451 e. The van der Waals surface area contributed by atoms with Crippen LogP contribution in [-0.2, 0) is 9.84 Å². The van der Waals surface area contributed by atoms with Gasteiger partial charge in [0, 0.05) is 18.2 Å². The molecule has 2 heterocycles. The first-order chi connectivity index (χ1) is 11.9. The van der Waals surface area contributed by atoms with Gasteiger partial charge in [-0.2, -0.15) is 0 Å². The summed E-state index contributed by atoms with van der Waals surface area (Å²) < 4.78 is 29.2. The number of carbonyl (C=O) groups excluding carboxylic acids is 1. The number of halogens is 1. The average molecular weight is 380 g/mol. The van der Waals surface area contributed by atoms with Gasteiger partial charge in [-0.25, -0.2) is 8.42 Å². The molecule has 1 amide bonds. The van der Waals surface area contributed by atoms with Crippen molar-refractivity contribution in [1.82, 2.24) is 4.90 Å². The van der Waals surface area contributed by atoms with Crippen molar-refractivity contribution < 1.29 is 17.6 Å². The molecule has 25 heavy (non-hydrogen) atoms. The third-order valence-electron chi connectivity index (χ3n) is 4.19. The first-order valence-electron chi connectivity index (χ1n) is 7.88. The first-order valence-corrected chi connectivity index (χ1v) is 10.1. The summed E-state index contributed by atoms with van der Waals surface area (Å²) >= 11 is 6.16. The van der Waals surface area contributed by atoms with E-state index in [1.807, 2.05) is 12.1 Å². The molecule has 1 aromatic carbocycles. The minimum atomic E-state index is -3.09. The molecule has 1 atom stereocenters. The van der Waals surface area contributed by atoms with Crippen LogP contribution in [0, 0.1) is 0 Å². The van der Waals surface area contributed by atoms with E-state index in [-0.39, 0.29) is 35.8 Å². The maximum atomic E-state index is 12.8. The van der Waals surface area contributed by atoms with Gasteiger partial charge in [-0.15, -0.1) is 6.58 Å². The second-order valence-corrected chi connectivity index (χ2v) is 8.58. The Balaban J connectivity index is 1.86. The van der Waals surface area contributed by atoms with Crippen LogP contribution in [0.4, 0.5) is 0 Å². The molecule has 0 bridgehead atoms. The molecular formula is C18H18ClNO4S. The minimum Gasteiger partial charge on any atom is -0.451 e. The summed E-state index contributed by atoms with van der Waals surface area (Å²) in [7, 11) is -3.09. The first kappa shape index (κ1) is 17.8. The predicted molar refractivity (Wildman–Crippen MR) is 97.4 cm³/mol. The summed E-state index contributed by atoms with van der Waals surface area (Å²) in [6.07, 6.45) is 2.01. The van der Waals surface area contributed by atoms with E-state index in [9.17, 15) is 13.2 Å². The van der Waals surface area contributed by atoms with Crippen molar-refractivity contribution in [2.75, 3.05) is 18.1 Å². The molecule has 1 saturated heterocycles. The van der Waals surface area contributed by atoms with Crippen molar-refractivity contribution >= 4 is 27.3 Å². The number of sulfone groups is 1. The van der Waals surface area contributed by atoms with Crippen LogP contribution in [0.25, 0.3) is 11.3 Å². The van der Waals surface area contributed by atoms with Crippen molar-refractivity contribution in [2.45, 2.75) is 12.5 Å². The van der Waals surface area contributed by atoms with Crippen molar-refractivity contribution in [3.05, 3.63) is 59.8 Å². The highest BCUT2D eigenvalue weighted by molar-refractivity contribution is 7.91. The number of amides is 1. The Labute approximate surface area is 151 Å². The molecular weight excluding hydrogens is 362 g/mol. The van der Waals surface area contributed by atoms with E-state index in [2.05, 4.69) is 6.58 Å². The number of hydrogen-bond donors (Lipinski definition) is 0. The number of hydrogen-bond acceptors (Lipinski definition) is 4. The highest BCUT2D eigenvalue weighted by atomic mass is 35.5. The van der Waals surface area contributed by atoms with Gasteiger partial charge in [-0.3, -0.25) is 4.79 Å². The van der Waals surface area contributed by atoms with Gasteiger partial charge in [0.1, 0.15) is 5.76 Å². The Bertz CT molecular complexity index is 903. The van der Waals surface area contributed by atoms with E-state index in [4.69, 9.17) is 16.0 Å². The molecule has 1 aromatic heterocycles. The van der Waals surface area contributed by atoms with Crippen LogP contribution < -0.4 is 0 Å². The van der Waals surface area contributed by atoms with Crippen molar-refractivity contribution in [3.63, 3.8) is 0 Å². The Morgan fingerprint density at radius 3 is 2.72 bits per heavy atom. The van der Waals surface area contributed by atoms with Crippen LogP contribution in [-0.4, -0.2) is 43.3 Å². The standard InChI is InChI=1S/C18H18ClNO4S/c1-2-10-20(13-9-11-25(22,23)12-13)18(21)17-8-7-16(24-17)14-5-3-4-6-15(14)19/h2-8,13H,1,9-12H2/t13-/m1/s1. The average Bonchev–Trinajstić information content (AvgIpc) is 3.19. The van der Waals surface area contributed by atoms with Crippen LogP contribution >= 0.6 is 11.6 Å². The van der Waals surface area contributed by atoms with E-state index in [0.29, 0.717) is 22.8 Å². The zero-order valence-corrected chi connectivity index (χ0v) is 15.1. The molecule has 1 fully saturated rings. The van der Waals surface area contributed by atoms with E-state index < -0.39 is 9.84 Å². The van der Waals surface area contributed by atoms with Gasteiger partial charge in [0.25, 0.3) is 5.91 Å². The molecule has 2 aromatic rings. The second kappa shape index (κ2) is 7.06. The smallest absolute Gasteiger partial charge is 0.290 e. The summed E-state index contributed by atoms with van der Waals surface area (Å²) in [5.41, 5.74) is 0.696. The van der Waals surface area contributed by atoms with Gasteiger partial charge >= 0.3 is 0 Å². The van der Waals surface area contributed by atoms with E-state index in [0.717, 1.165) is 0 Å². The fourth-order valence-electron chi connectivity index (χ4n) is 2.96. The molecule has 0 radical (unpaired) electrons. The van der Waals surface area contributed by atoms with Gasteiger partial charge in [-0.05, 0) is 30.7 Å². The zero-order chi connectivity index (χ0) is 18.0. The van der Waals surface area contributed by atoms with Gasteiger partial charge in [0.2, 0.25) is 0 Å². The Morgan fingerprint density at radius 2 is 2.08 bits per heavy atom. The maximum absolute atomic E-state index is 12.8. The lowest BCUT2D eigenvalue weighted by Crippen LogP contribution is -2.41. The molecule has 5 nitrogen and oxygen atoms in total. The quantitative estimate of drug-likeness (QED) is 0.746. The topological polar surface area (TPSA) is 67.6 Å². The zero-order valence-electron chi connectivity index (χ0n) is 13.5. The van der Waals surface area contributed by atoms with Gasteiger partial charge < -0.3 is 9.32 Å². The molecule has 0 aliphatic carbocycles. The normalized spacial score (nSPS) is 18.8. The maximum Gasteiger partial charge on any atom is 0.290 e. The molecule has 0 spiro atoms. The lowest BCUT2D eigenvalue weighted by Gasteiger charge is -2.26. The summed E-state index contributed by atoms with van der Waals surface area (Å²) in [6, 6.07) is 10.1. The van der Waals surface area contributed by atoms with Crippen LogP contribution in [0.1, 0.15) is 17.0 Å². The minimum absolute atomic E-state index is 0.0232. The van der Waals surface area contributed by atoms with Crippen LogP contribution in [0.15, 0.2) is 53.5 Å². The van der Waals surface area contributed by atoms with Crippen LogP contribution in [0.3, 0.4) is 0 Å². The third-order valence-corrected chi connectivity index (χ3v) is 6.27.